The normalized spacial score (nSPS) is 19.8. The Morgan fingerprint density at radius 1 is 1.32 bits per heavy atom. The van der Waals surface area contributed by atoms with E-state index < -0.39 is 11.4 Å². The number of rotatable bonds is 6. The third kappa shape index (κ3) is 3.98. The largest absolute Gasteiger partial charge is 0.396 e. The average Bonchev–Trinajstić information content (AvgIpc) is 2.51. The Morgan fingerprint density at radius 2 is 1.91 bits per heavy atom. The van der Waals surface area contributed by atoms with Gasteiger partial charge in [0.1, 0.15) is 0 Å². The minimum atomic E-state index is -0.891. The Morgan fingerprint density at radius 3 is 2.41 bits per heavy atom. The standard InChI is InChI=1S/C16H24ClN3O2/c17-13-5-3-12(4-6-13)14(2-1-11-21)20-9-7-16(19,8-10-20)15(18)22/h3-6,14,21H,1-2,7-11,19H2,(H2,18,22). The van der Waals surface area contributed by atoms with Gasteiger partial charge in [-0.2, -0.15) is 0 Å². The summed E-state index contributed by atoms with van der Waals surface area (Å²) in [7, 11) is 0. The molecule has 1 unspecified atom stereocenters. The number of hydrogen-bond donors (Lipinski definition) is 3. The van der Waals surface area contributed by atoms with Crippen LogP contribution in [0.15, 0.2) is 24.3 Å². The Bertz CT molecular complexity index is 499. The Balaban J connectivity index is 2.10. The van der Waals surface area contributed by atoms with E-state index in [1.54, 1.807) is 0 Å². The zero-order chi connectivity index (χ0) is 16.2. The molecule has 1 atom stereocenters. The fraction of sp³-hybridized carbons (Fsp3) is 0.562. The van der Waals surface area contributed by atoms with E-state index >= 15 is 0 Å². The molecule has 1 heterocycles. The van der Waals surface area contributed by atoms with Crippen molar-refractivity contribution in [3.8, 4) is 0 Å². The van der Waals surface area contributed by atoms with Crippen LogP contribution in [0.25, 0.3) is 0 Å². The number of carbonyl (C=O) groups is 1. The maximum absolute atomic E-state index is 11.5. The van der Waals surface area contributed by atoms with Crippen molar-refractivity contribution in [3.05, 3.63) is 34.9 Å². The fourth-order valence-corrected chi connectivity index (χ4v) is 3.14. The summed E-state index contributed by atoms with van der Waals surface area (Å²) in [6, 6.07) is 7.99. The maximum atomic E-state index is 11.5. The summed E-state index contributed by atoms with van der Waals surface area (Å²) in [4.78, 5) is 13.8. The number of nitrogens with zero attached hydrogens (tertiary/aromatic N) is 1. The molecule has 5 N–H and O–H groups in total. The number of carbonyl (C=O) groups excluding carboxylic acids is 1. The summed E-state index contributed by atoms with van der Waals surface area (Å²) in [5.41, 5.74) is 11.7. The molecule has 22 heavy (non-hydrogen) atoms. The first kappa shape index (κ1) is 17.2. The van der Waals surface area contributed by atoms with Crippen LogP contribution < -0.4 is 11.5 Å². The van der Waals surface area contributed by atoms with Crippen molar-refractivity contribution in [3.63, 3.8) is 0 Å². The second-order valence-corrected chi connectivity index (χ2v) is 6.43. The number of halogens is 1. The molecule has 1 fully saturated rings. The molecule has 2 rings (SSSR count). The first-order valence-electron chi connectivity index (χ1n) is 7.65. The number of hydrogen-bond acceptors (Lipinski definition) is 4. The topological polar surface area (TPSA) is 92.6 Å². The highest BCUT2D eigenvalue weighted by atomic mass is 35.5. The van der Waals surface area contributed by atoms with Gasteiger partial charge in [0.2, 0.25) is 5.91 Å². The van der Waals surface area contributed by atoms with Crippen LogP contribution in [0.3, 0.4) is 0 Å². The highest BCUT2D eigenvalue weighted by Gasteiger charge is 2.37. The SMILES string of the molecule is NC(=O)C1(N)CCN(C(CCCO)c2ccc(Cl)cc2)CC1. The van der Waals surface area contributed by atoms with Gasteiger partial charge in [-0.15, -0.1) is 0 Å². The maximum Gasteiger partial charge on any atom is 0.237 e. The number of primary amides is 1. The predicted octanol–water partition coefficient (Wildman–Crippen LogP) is 1.43. The number of amides is 1. The van der Waals surface area contributed by atoms with Crippen molar-refractivity contribution < 1.29 is 9.90 Å². The molecule has 0 radical (unpaired) electrons. The second-order valence-electron chi connectivity index (χ2n) is 5.99. The van der Waals surface area contributed by atoms with Gasteiger partial charge in [-0.05, 0) is 43.4 Å². The van der Waals surface area contributed by atoms with Crippen LogP contribution in [0.4, 0.5) is 0 Å². The second kappa shape index (κ2) is 7.42. The summed E-state index contributed by atoms with van der Waals surface area (Å²) in [6.45, 7) is 1.61. The molecule has 1 aromatic carbocycles. The molecule has 1 saturated heterocycles. The number of nitrogens with two attached hydrogens (primary N) is 2. The van der Waals surface area contributed by atoms with E-state index in [9.17, 15) is 4.79 Å². The molecule has 6 heteroatoms. The van der Waals surface area contributed by atoms with Crippen molar-refractivity contribution in [1.29, 1.82) is 0 Å². The monoisotopic (exact) mass is 325 g/mol. The zero-order valence-electron chi connectivity index (χ0n) is 12.7. The Kier molecular flexibility index (Phi) is 5.81. The van der Waals surface area contributed by atoms with Crippen LogP contribution in [0, 0.1) is 0 Å². The Hall–Kier alpha value is -1.14. The van der Waals surface area contributed by atoms with Crippen molar-refractivity contribution in [2.24, 2.45) is 11.5 Å². The van der Waals surface area contributed by atoms with Crippen LogP contribution in [0.1, 0.15) is 37.3 Å². The molecule has 1 aliphatic rings. The van der Waals surface area contributed by atoms with Gasteiger partial charge in [0.05, 0.1) is 5.54 Å². The molecular formula is C16H24ClN3O2. The number of aliphatic hydroxyl groups is 1. The molecule has 0 spiro atoms. The molecule has 122 valence electrons. The first-order chi connectivity index (χ1) is 10.5. The number of benzene rings is 1. The van der Waals surface area contributed by atoms with Gasteiger partial charge in [-0.25, -0.2) is 0 Å². The third-order valence-electron chi connectivity index (χ3n) is 4.51. The van der Waals surface area contributed by atoms with Gasteiger partial charge in [-0.3, -0.25) is 9.69 Å². The molecule has 0 bridgehead atoms. The quantitative estimate of drug-likeness (QED) is 0.737. The number of likely N-dealkylation sites (tertiary alicyclic amines) is 1. The first-order valence-corrected chi connectivity index (χ1v) is 8.03. The molecule has 5 nitrogen and oxygen atoms in total. The van der Waals surface area contributed by atoms with E-state index in [0.717, 1.165) is 25.9 Å². The van der Waals surface area contributed by atoms with Gasteiger partial charge < -0.3 is 16.6 Å². The highest BCUT2D eigenvalue weighted by Crippen LogP contribution is 2.31. The molecular weight excluding hydrogens is 302 g/mol. The summed E-state index contributed by atoms with van der Waals surface area (Å²) in [6.07, 6.45) is 2.71. The lowest BCUT2D eigenvalue weighted by atomic mass is 9.86. The van der Waals surface area contributed by atoms with Crippen LogP contribution in [0.5, 0.6) is 0 Å². The van der Waals surface area contributed by atoms with Crippen LogP contribution in [-0.4, -0.2) is 41.1 Å². The van der Waals surface area contributed by atoms with E-state index in [1.165, 1.54) is 5.56 Å². The van der Waals surface area contributed by atoms with Crippen molar-refractivity contribution in [2.45, 2.75) is 37.3 Å². The predicted molar refractivity (Wildman–Crippen MR) is 87.4 cm³/mol. The summed E-state index contributed by atoms with van der Waals surface area (Å²) >= 11 is 5.96. The highest BCUT2D eigenvalue weighted by molar-refractivity contribution is 6.30. The molecule has 1 amide bonds. The molecule has 0 aliphatic carbocycles. The van der Waals surface area contributed by atoms with Gasteiger partial charge in [0.25, 0.3) is 0 Å². The number of aliphatic hydroxyl groups excluding tert-OH is 1. The number of piperidine rings is 1. The van der Waals surface area contributed by atoms with Crippen molar-refractivity contribution in [2.75, 3.05) is 19.7 Å². The average molecular weight is 326 g/mol. The smallest absolute Gasteiger partial charge is 0.237 e. The lowest BCUT2D eigenvalue weighted by molar-refractivity contribution is -0.125. The minimum Gasteiger partial charge on any atom is -0.396 e. The van der Waals surface area contributed by atoms with Crippen LogP contribution >= 0.6 is 11.6 Å². The van der Waals surface area contributed by atoms with Crippen molar-refractivity contribution in [1.82, 2.24) is 4.90 Å². The fourth-order valence-electron chi connectivity index (χ4n) is 3.01. The van der Waals surface area contributed by atoms with Crippen LogP contribution in [-0.2, 0) is 4.79 Å². The molecule has 0 saturated carbocycles. The van der Waals surface area contributed by atoms with E-state index in [-0.39, 0.29) is 12.6 Å². The zero-order valence-corrected chi connectivity index (χ0v) is 13.4. The summed E-state index contributed by atoms with van der Waals surface area (Å²) < 4.78 is 0. The lowest BCUT2D eigenvalue weighted by Crippen LogP contribution is -2.58. The Labute approximate surface area is 136 Å². The van der Waals surface area contributed by atoms with Crippen molar-refractivity contribution >= 4 is 17.5 Å². The van der Waals surface area contributed by atoms with Gasteiger partial charge in [0, 0.05) is 30.8 Å². The molecule has 1 aliphatic heterocycles. The summed E-state index contributed by atoms with van der Waals surface area (Å²) in [5, 5.41) is 9.85. The van der Waals surface area contributed by atoms with Gasteiger partial charge in [0.15, 0.2) is 0 Å². The van der Waals surface area contributed by atoms with E-state index in [2.05, 4.69) is 4.90 Å². The lowest BCUT2D eigenvalue weighted by Gasteiger charge is -2.41. The van der Waals surface area contributed by atoms with E-state index in [0.29, 0.717) is 17.9 Å². The van der Waals surface area contributed by atoms with Gasteiger partial charge in [-0.1, -0.05) is 23.7 Å². The molecule has 1 aromatic rings. The van der Waals surface area contributed by atoms with Crippen LogP contribution in [0.2, 0.25) is 5.02 Å². The third-order valence-corrected chi connectivity index (χ3v) is 4.76. The summed E-state index contributed by atoms with van der Waals surface area (Å²) in [5.74, 6) is -0.425. The van der Waals surface area contributed by atoms with Gasteiger partial charge >= 0.3 is 0 Å². The molecule has 0 aromatic heterocycles. The van der Waals surface area contributed by atoms with E-state index in [4.69, 9.17) is 28.2 Å². The van der Waals surface area contributed by atoms with E-state index in [1.807, 2.05) is 24.3 Å². The minimum absolute atomic E-state index is 0.167.